The van der Waals surface area contributed by atoms with Gasteiger partial charge in [-0.1, -0.05) is 54.6 Å². The van der Waals surface area contributed by atoms with Gasteiger partial charge in [-0.15, -0.1) is 0 Å². The summed E-state index contributed by atoms with van der Waals surface area (Å²) in [6.45, 7) is 2.58. The lowest BCUT2D eigenvalue weighted by Gasteiger charge is -2.39. The van der Waals surface area contributed by atoms with Crippen LogP contribution in [0.2, 0.25) is 0 Å². The molecule has 0 aliphatic carbocycles. The molecule has 2 heterocycles. The number of hydrogen-bond acceptors (Lipinski definition) is 6. The molecule has 2 N–H and O–H groups in total. The standard InChI is InChI=1S/C31H36N2O5/c1-36-21-27-11-6-16-33(27)19-28-18-29(23-14-12-22(20-34)13-15-23)38-31(37-28)25-9-5-10-26(17-25)32-30(35)24-7-3-2-4-8-24/h2-5,7-10,12-15,17,27-29,31,34H,6,11,16,18-21H2,1H3,(H,32,35)/t27-,28+,29-,31-/m0/s1. The van der Waals surface area contributed by atoms with Crippen LogP contribution in [-0.2, 0) is 20.8 Å². The molecule has 7 heteroatoms. The van der Waals surface area contributed by atoms with Crippen molar-refractivity contribution in [2.45, 2.75) is 50.4 Å². The molecule has 3 aromatic rings. The van der Waals surface area contributed by atoms with Crippen LogP contribution in [0.4, 0.5) is 5.69 Å². The lowest BCUT2D eigenvalue weighted by atomic mass is 9.99. The minimum absolute atomic E-state index is 0.0114. The lowest BCUT2D eigenvalue weighted by molar-refractivity contribution is -0.253. The lowest BCUT2D eigenvalue weighted by Crippen LogP contribution is -2.42. The fraction of sp³-hybridized carbons (Fsp3) is 0.387. The first kappa shape index (κ1) is 26.5. The number of hydrogen-bond donors (Lipinski definition) is 2. The molecule has 2 saturated heterocycles. The minimum Gasteiger partial charge on any atom is -0.392 e. The minimum atomic E-state index is -0.576. The largest absolute Gasteiger partial charge is 0.392 e. The summed E-state index contributed by atoms with van der Waals surface area (Å²) >= 11 is 0. The Balaban J connectivity index is 1.35. The summed E-state index contributed by atoms with van der Waals surface area (Å²) in [5.74, 6) is -0.161. The second-order valence-corrected chi connectivity index (χ2v) is 10.0. The van der Waals surface area contributed by atoms with E-state index in [1.165, 1.54) is 0 Å². The highest BCUT2D eigenvalue weighted by atomic mass is 16.7. The number of carbonyl (C=O) groups excluding carboxylic acids is 1. The normalized spacial score (nSPS) is 23.8. The first-order valence-corrected chi connectivity index (χ1v) is 13.3. The summed E-state index contributed by atoms with van der Waals surface area (Å²) in [5, 5.41) is 12.5. The number of amides is 1. The highest BCUT2D eigenvalue weighted by molar-refractivity contribution is 6.04. The molecule has 7 nitrogen and oxygen atoms in total. The van der Waals surface area contributed by atoms with Crippen LogP contribution in [0.15, 0.2) is 78.9 Å². The molecule has 2 aliphatic rings. The Morgan fingerprint density at radius 2 is 1.84 bits per heavy atom. The van der Waals surface area contributed by atoms with Gasteiger partial charge in [0.1, 0.15) is 0 Å². The summed E-state index contributed by atoms with van der Waals surface area (Å²) in [6, 6.07) is 25.2. The average Bonchev–Trinajstić information content (AvgIpc) is 3.40. The van der Waals surface area contributed by atoms with Gasteiger partial charge in [0.05, 0.1) is 25.4 Å². The van der Waals surface area contributed by atoms with Crippen molar-refractivity contribution in [2.24, 2.45) is 0 Å². The molecule has 200 valence electrons. The Morgan fingerprint density at radius 3 is 2.61 bits per heavy atom. The van der Waals surface area contributed by atoms with E-state index in [2.05, 4.69) is 10.2 Å². The predicted molar refractivity (Wildman–Crippen MR) is 146 cm³/mol. The number of aliphatic hydroxyl groups is 1. The van der Waals surface area contributed by atoms with Crippen LogP contribution in [0.25, 0.3) is 0 Å². The maximum Gasteiger partial charge on any atom is 0.255 e. The number of ether oxygens (including phenoxy) is 3. The predicted octanol–water partition coefficient (Wildman–Crippen LogP) is 5.09. The first-order chi connectivity index (χ1) is 18.6. The number of nitrogens with zero attached hydrogens (tertiary/aromatic N) is 1. The highest BCUT2D eigenvalue weighted by Crippen LogP contribution is 2.39. The number of nitrogens with one attached hydrogen (secondary N) is 1. The van der Waals surface area contributed by atoms with Gasteiger partial charge in [0.2, 0.25) is 0 Å². The molecule has 5 rings (SSSR count). The highest BCUT2D eigenvalue weighted by Gasteiger charge is 2.35. The Morgan fingerprint density at radius 1 is 1.03 bits per heavy atom. The van der Waals surface area contributed by atoms with Crippen molar-refractivity contribution >= 4 is 11.6 Å². The van der Waals surface area contributed by atoms with Crippen LogP contribution in [0, 0.1) is 0 Å². The van der Waals surface area contributed by atoms with Crippen molar-refractivity contribution in [2.75, 3.05) is 32.1 Å². The molecule has 0 spiro atoms. The average molecular weight is 517 g/mol. The molecule has 2 fully saturated rings. The van der Waals surface area contributed by atoms with Gasteiger partial charge in [-0.05, 0) is 54.8 Å². The second kappa shape index (κ2) is 12.7. The van der Waals surface area contributed by atoms with Crippen molar-refractivity contribution in [1.82, 2.24) is 4.90 Å². The van der Waals surface area contributed by atoms with Gasteiger partial charge in [-0.25, -0.2) is 0 Å². The van der Waals surface area contributed by atoms with Crippen molar-refractivity contribution < 1.29 is 24.1 Å². The number of methoxy groups -OCH3 is 1. The molecule has 0 radical (unpaired) electrons. The van der Waals surface area contributed by atoms with Crippen molar-refractivity contribution in [3.05, 3.63) is 101 Å². The molecule has 0 aromatic heterocycles. The van der Waals surface area contributed by atoms with E-state index in [9.17, 15) is 9.90 Å². The van der Waals surface area contributed by atoms with E-state index >= 15 is 0 Å². The third kappa shape index (κ3) is 6.49. The van der Waals surface area contributed by atoms with Gasteiger partial charge in [0.25, 0.3) is 5.91 Å². The zero-order valence-electron chi connectivity index (χ0n) is 21.8. The number of aliphatic hydroxyl groups excluding tert-OH is 1. The van der Waals surface area contributed by atoms with Crippen LogP contribution in [0.1, 0.15) is 58.7 Å². The number of likely N-dealkylation sites (tertiary alicyclic amines) is 1. The van der Waals surface area contributed by atoms with Crippen LogP contribution in [-0.4, -0.2) is 54.9 Å². The zero-order chi connectivity index (χ0) is 26.3. The molecule has 38 heavy (non-hydrogen) atoms. The molecular weight excluding hydrogens is 480 g/mol. The fourth-order valence-corrected chi connectivity index (χ4v) is 5.37. The Hall–Kier alpha value is -3.07. The fourth-order valence-electron chi connectivity index (χ4n) is 5.37. The quantitative estimate of drug-likeness (QED) is 0.413. The van der Waals surface area contributed by atoms with Gasteiger partial charge >= 0.3 is 0 Å². The van der Waals surface area contributed by atoms with Crippen LogP contribution in [0.5, 0.6) is 0 Å². The number of carbonyl (C=O) groups is 1. The molecule has 3 aromatic carbocycles. The Labute approximate surface area is 224 Å². The van der Waals surface area contributed by atoms with E-state index in [1.807, 2.05) is 66.7 Å². The Kier molecular flexibility index (Phi) is 8.83. The van der Waals surface area contributed by atoms with Crippen LogP contribution in [0.3, 0.4) is 0 Å². The summed E-state index contributed by atoms with van der Waals surface area (Å²) < 4.78 is 18.5. The molecule has 4 atom stereocenters. The van der Waals surface area contributed by atoms with Crippen molar-refractivity contribution in [3.63, 3.8) is 0 Å². The second-order valence-electron chi connectivity index (χ2n) is 10.0. The van der Waals surface area contributed by atoms with E-state index < -0.39 is 6.29 Å². The number of rotatable bonds is 9. The van der Waals surface area contributed by atoms with E-state index in [1.54, 1.807) is 19.2 Å². The summed E-state index contributed by atoms with van der Waals surface area (Å²) in [5.41, 5.74) is 4.08. The van der Waals surface area contributed by atoms with Crippen molar-refractivity contribution in [1.29, 1.82) is 0 Å². The maximum absolute atomic E-state index is 12.7. The van der Waals surface area contributed by atoms with Gasteiger partial charge in [0, 0.05) is 42.9 Å². The molecule has 0 unspecified atom stereocenters. The van der Waals surface area contributed by atoms with Gasteiger partial charge < -0.3 is 24.6 Å². The Bertz CT molecular complexity index is 1190. The number of anilines is 1. The topological polar surface area (TPSA) is 80.3 Å². The molecular formula is C31H36N2O5. The molecule has 1 amide bonds. The molecule has 2 aliphatic heterocycles. The smallest absolute Gasteiger partial charge is 0.255 e. The van der Waals surface area contributed by atoms with Crippen LogP contribution < -0.4 is 5.32 Å². The van der Waals surface area contributed by atoms with Gasteiger partial charge in [-0.2, -0.15) is 0 Å². The summed E-state index contributed by atoms with van der Waals surface area (Å²) in [4.78, 5) is 15.2. The van der Waals surface area contributed by atoms with Gasteiger partial charge in [-0.3, -0.25) is 9.69 Å². The monoisotopic (exact) mass is 516 g/mol. The molecule has 0 bridgehead atoms. The van der Waals surface area contributed by atoms with E-state index in [0.717, 1.165) is 55.6 Å². The zero-order valence-corrected chi connectivity index (χ0v) is 21.8. The van der Waals surface area contributed by atoms with Crippen molar-refractivity contribution in [3.8, 4) is 0 Å². The third-order valence-corrected chi connectivity index (χ3v) is 7.36. The SMILES string of the molecule is COC[C@@H]1CCCN1C[C@H]1C[C@@H](c2ccc(CO)cc2)O[C@@H](c2cccc(NC(=O)c3ccccc3)c2)O1. The van der Waals surface area contributed by atoms with E-state index in [4.69, 9.17) is 14.2 Å². The van der Waals surface area contributed by atoms with Gasteiger partial charge in [0.15, 0.2) is 6.29 Å². The van der Waals surface area contributed by atoms with E-state index in [-0.39, 0.29) is 24.7 Å². The third-order valence-electron chi connectivity index (χ3n) is 7.36. The number of benzene rings is 3. The summed E-state index contributed by atoms with van der Waals surface area (Å²) in [7, 11) is 1.76. The summed E-state index contributed by atoms with van der Waals surface area (Å²) in [6.07, 6.45) is 2.27. The molecule has 0 saturated carbocycles. The van der Waals surface area contributed by atoms with E-state index in [0.29, 0.717) is 17.3 Å². The maximum atomic E-state index is 12.7. The first-order valence-electron chi connectivity index (χ1n) is 13.3. The van der Waals surface area contributed by atoms with Crippen LogP contribution >= 0.6 is 0 Å².